The van der Waals surface area contributed by atoms with Gasteiger partial charge in [-0.15, -0.1) is 0 Å². The highest BCUT2D eigenvalue weighted by atomic mass is 16.6. The summed E-state index contributed by atoms with van der Waals surface area (Å²) in [4.78, 5) is 12.0. The predicted molar refractivity (Wildman–Crippen MR) is 90.0 cm³/mol. The Kier molecular flexibility index (Phi) is 4.65. The molecule has 2 bridgehead atoms. The molecule has 132 valence electrons. The van der Waals surface area contributed by atoms with E-state index >= 15 is 0 Å². The van der Waals surface area contributed by atoms with Crippen molar-refractivity contribution in [2.45, 2.75) is 71.3 Å². The number of ether oxygens (including phenoxy) is 1. The standard InChI is InChI=1S/C19H33NO3/c1-18(2,3)23-17(22)20-11-19(12-21,16-6-7-16)10-15-9-13-4-5-14(15)8-13/h13-16,21H,4-12H2,1-3H3,(H,20,22). The van der Waals surface area contributed by atoms with Crippen molar-refractivity contribution in [3.8, 4) is 0 Å². The number of nitrogens with one attached hydrogen (secondary N) is 1. The molecule has 3 fully saturated rings. The van der Waals surface area contributed by atoms with Crippen molar-refractivity contribution in [1.29, 1.82) is 0 Å². The molecular formula is C19H33NO3. The Balaban J connectivity index is 1.59. The molecule has 3 aliphatic carbocycles. The quantitative estimate of drug-likeness (QED) is 0.783. The van der Waals surface area contributed by atoms with E-state index in [4.69, 9.17) is 4.74 Å². The highest BCUT2D eigenvalue weighted by molar-refractivity contribution is 5.67. The summed E-state index contributed by atoms with van der Waals surface area (Å²) in [7, 11) is 0. The molecule has 3 saturated carbocycles. The lowest BCUT2D eigenvalue weighted by molar-refractivity contribution is 0.0353. The Morgan fingerprint density at radius 3 is 2.39 bits per heavy atom. The van der Waals surface area contributed by atoms with E-state index in [9.17, 15) is 9.90 Å². The molecule has 4 unspecified atom stereocenters. The van der Waals surface area contributed by atoms with Gasteiger partial charge in [0.25, 0.3) is 0 Å². The average molecular weight is 323 g/mol. The van der Waals surface area contributed by atoms with Crippen LogP contribution in [0.3, 0.4) is 0 Å². The number of fused-ring (bicyclic) bond motifs is 2. The van der Waals surface area contributed by atoms with Crippen LogP contribution in [0.15, 0.2) is 0 Å². The maximum absolute atomic E-state index is 12.0. The zero-order valence-electron chi connectivity index (χ0n) is 14.9. The molecule has 2 N–H and O–H groups in total. The molecule has 0 aromatic heterocycles. The van der Waals surface area contributed by atoms with Gasteiger partial charge in [0.15, 0.2) is 0 Å². The second kappa shape index (κ2) is 6.27. The van der Waals surface area contributed by atoms with E-state index in [2.05, 4.69) is 5.32 Å². The Morgan fingerprint density at radius 2 is 1.91 bits per heavy atom. The molecular weight excluding hydrogens is 290 g/mol. The molecule has 0 spiro atoms. The summed E-state index contributed by atoms with van der Waals surface area (Å²) in [5, 5.41) is 13.1. The molecule has 0 radical (unpaired) electrons. The smallest absolute Gasteiger partial charge is 0.407 e. The Morgan fingerprint density at radius 1 is 1.17 bits per heavy atom. The molecule has 4 heteroatoms. The van der Waals surface area contributed by atoms with Crippen LogP contribution in [-0.2, 0) is 4.74 Å². The van der Waals surface area contributed by atoms with Gasteiger partial charge in [-0.3, -0.25) is 0 Å². The van der Waals surface area contributed by atoms with Gasteiger partial charge in [0.1, 0.15) is 5.60 Å². The van der Waals surface area contributed by atoms with Gasteiger partial charge in [-0.1, -0.05) is 6.42 Å². The van der Waals surface area contributed by atoms with E-state index in [1.165, 1.54) is 38.5 Å². The van der Waals surface area contributed by atoms with E-state index < -0.39 is 5.60 Å². The van der Waals surface area contributed by atoms with Crippen LogP contribution in [0.25, 0.3) is 0 Å². The lowest BCUT2D eigenvalue weighted by atomic mass is 9.71. The van der Waals surface area contributed by atoms with Crippen molar-refractivity contribution in [1.82, 2.24) is 5.32 Å². The number of hydrogen-bond donors (Lipinski definition) is 2. The van der Waals surface area contributed by atoms with Gasteiger partial charge < -0.3 is 15.2 Å². The number of amides is 1. The van der Waals surface area contributed by atoms with Crippen LogP contribution in [0, 0.1) is 29.1 Å². The van der Waals surface area contributed by atoms with Crippen molar-refractivity contribution in [2.24, 2.45) is 29.1 Å². The van der Waals surface area contributed by atoms with Crippen LogP contribution in [0.5, 0.6) is 0 Å². The molecule has 1 amide bonds. The zero-order valence-corrected chi connectivity index (χ0v) is 14.9. The highest BCUT2D eigenvalue weighted by Gasteiger charge is 2.49. The number of aliphatic hydroxyl groups excluding tert-OH is 1. The molecule has 3 rings (SSSR count). The molecule has 4 atom stereocenters. The zero-order chi connectivity index (χ0) is 16.7. The third kappa shape index (κ3) is 4.01. The van der Waals surface area contributed by atoms with Crippen LogP contribution < -0.4 is 5.32 Å². The average Bonchev–Trinajstić information content (AvgIpc) is 3.12. The maximum Gasteiger partial charge on any atom is 0.407 e. The predicted octanol–water partition coefficient (Wildman–Crippen LogP) is 3.73. The number of alkyl carbamates (subject to hydrolysis) is 1. The highest BCUT2D eigenvalue weighted by Crippen LogP contribution is 2.56. The Labute approximate surface area is 140 Å². The molecule has 0 aromatic rings. The van der Waals surface area contributed by atoms with Crippen molar-refractivity contribution < 1.29 is 14.6 Å². The fourth-order valence-corrected chi connectivity index (χ4v) is 5.04. The number of hydrogen-bond acceptors (Lipinski definition) is 3. The van der Waals surface area contributed by atoms with E-state index in [-0.39, 0.29) is 18.1 Å². The fraction of sp³-hybridized carbons (Fsp3) is 0.947. The lowest BCUT2D eigenvalue weighted by Gasteiger charge is -2.37. The van der Waals surface area contributed by atoms with Crippen molar-refractivity contribution in [3.63, 3.8) is 0 Å². The molecule has 0 aliphatic heterocycles. The summed E-state index contributed by atoms with van der Waals surface area (Å²) in [6.45, 7) is 6.37. The third-order valence-electron chi connectivity index (χ3n) is 6.30. The summed E-state index contributed by atoms with van der Waals surface area (Å²) >= 11 is 0. The van der Waals surface area contributed by atoms with E-state index in [1.807, 2.05) is 20.8 Å². The summed E-state index contributed by atoms with van der Waals surface area (Å²) < 4.78 is 5.37. The first kappa shape index (κ1) is 17.1. The topological polar surface area (TPSA) is 58.6 Å². The molecule has 0 aromatic carbocycles. The van der Waals surface area contributed by atoms with Gasteiger partial charge in [-0.05, 0) is 83.0 Å². The van der Waals surface area contributed by atoms with Crippen LogP contribution in [0.1, 0.15) is 65.7 Å². The van der Waals surface area contributed by atoms with Crippen molar-refractivity contribution in [2.75, 3.05) is 13.2 Å². The van der Waals surface area contributed by atoms with Crippen LogP contribution in [0.2, 0.25) is 0 Å². The number of carbonyl (C=O) groups is 1. The third-order valence-corrected chi connectivity index (χ3v) is 6.30. The monoisotopic (exact) mass is 323 g/mol. The number of aliphatic hydroxyl groups is 1. The van der Waals surface area contributed by atoms with Gasteiger partial charge in [0.05, 0.1) is 6.61 Å². The first-order valence-corrected chi connectivity index (χ1v) is 9.39. The molecule has 0 heterocycles. The normalized spacial score (nSPS) is 32.6. The van der Waals surface area contributed by atoms with Gasteiger partial charge in [0, 0.05) is 12.0 Å². The van der Waals surface area contributed by atoms with Gasteiger partial charge in [-0.2, -0.15) is 0 Å². The largest absolute Gasteiger partial charge is 0.444 e. The van der Waals surface area contributed by atoms with Crippen molar-refractivity contribution in [3.05, 3.63) is 0 Å². The second-order valence-corrected chi connectivity index (χ2v) is 9.29. The minimum Gasteiger partial charge on any atom is -0.444 e. The lowest BCUT2D eigenvalue weighted by Crippen LogP contribution is -2.45. The van der Waals surface area contributed by atoms with E-state index in [0.29, 0.717) is 12.5 Å². The van der Waals surface area contributed by atoms with Crippen LogP contribution >= 0.6 is 0 Å². The molecule has 3 aliphatic rings. The SMILES string of the molecule is CC(C)(C)OC(=O)NCC(CO)(CC1CC2CCC1C2)C1CC1. The van der Waals surface area contributed by atoms with Gasteiger partial charge in [0.2, 0.25) is 0 Å². The first-order valence-electron chi connectivity index (χ1n) is 9.39. The Hall–Kier alpha value is -0.770. The van der Waals surface area contributed by atoms with Crippen molar-refractivity contribution >= 4 is 6.09 Å². The van der Waals surface area contributed by atoms with Gasteiger partial charge in [-0.25, -0.2) is 4.79 Å². The minimum atomic E-state index is -0.476. The number of rotatable bonds is 6. The second-order valence-electron chi connectivity index (χ2n) is 9.29. The summed E-state index contributed by atoms with van der Waals surface area (Å²) in [6.07, 6.45) is 8.62. The van der Waals surface area contributed by atoms with E-state index in [0.717, 1.165) is 24.2 Å². The summed E-state index contributed by atoms with van der Waals surface area (Å²) in [5.41, 5.74) is -0.609. The van der Waals surface area contributed by atoms with Crippen LogP contribution in [-0.4, -0.2) is 30.0 Å². The summed E-state index contributed by atoms with van der Waals surface area (Å²) in [6, 6.07) is 0. The molecule has 0 saturated heterocycles. The number of carbonyl (C=O) groups excluding carboxylic acids is 1. The molecule has 23 heavy (non-hydrogen) atoms. The first-order chi connectivity index (χ1) is 10.8. The van der Waals surface area contributed by atoms with Gasteiger partial charge >= 0.3 is 6.09 Å². The Bertz CT molecular complexity index is 440. The fourth-order valence-electron chi connectivity index (χ4n) is 5.04. The summed E-state index contributed by atoms with van der Waals surface area (Å²) in [5.74, 6) is 3.12. The van der Waals surface area contributed by atoms with Crippen LogP contribution in [0.4, 0.5) is 4.79 Å². The molecule has 4 nitrogen and oxygen atoms in total. The van der Waals surface area contributed by atoms with E-state index in [1.54, 1.807) is 0 Å². The maximum atomic E-state index is 12.0. The minimum absolute atomic E-state index is 0.133.